The Morgan fingerprint density at radius 2 is 1.78 bits per heavy atom. The Morgan fingerprint density at radius 1 is 1.13 bits per heavy atom. The minimum absolute atomic E-state index is 0.175. The van der Waals surface area contributed by atoms with Gasteiger partial charge < -0.3 is 0 Å². The van der Waals surface area contributed by atoms with Gasteiger partial charge in [-0.1, -0.05) is 0 Å². The zero-order valence-corrected chi connectivity index (χ0v) is 16.7. The zero-order valence-electron chi connectivity index (χ0n) is 15.1. The van der Waals surface area contributed by atoms with E-state index in [1.54, 1.807) is 29.2 Å². The summed E-state index contributed by atoms with van der Waals surface area (Å²) >= 11 is -2.70. The summed E-state index contributed by atoms with van der Waals surface area (Å²) in [5.74, 6) is 0.421. The van der Waals surface area contributed by atoms with Crippen LogP contribution in [-0.2, 0) is 25.1 Å². The minimum atomic E-state index is -2.70. The predicted molar refractivity (Wildman–Crippen MR) is 91.9 cm³/mol. The van der Waals surface area contributed by atoms with E-state index in [-0.39, 0.29) is 5.97 Å². The molecule has 0 amide bonds. The normalized spacial score (nSPS) is 27.7. The van der Waals surface area contributed by atoms with Gasteiger partial charge in [-0.05, 0) is 0 Å². The topological polar surface area (TPSA) is 26.3 Å². The molecule has 0 spiro atoms. The van der Waals surface area contributed by atoms with Crippen molar-refractivity contribution < 1.29 is 25.1 Å². The van der Waals surface area contributed by atoms with Gasteiger partial charge in [-0.2, -0.15) is 0 Å². The van der Waals surface area contributed by atoms with Gasteiger partial charge in [-0.3, -0.25) is 0 Å². The number of hydrogen-bond acceptors (Lipinski definition) is 2. The van der Waals surface area contributed by atoms with Crippen LogP contribution in [0.5, 0.6) is 0 Å². The van der Waals surface area contributed by atoms with Crippen molar-refractivity contribution in [3.63, 3.8) is 0 Å². The molecule has 3 aliphatic rings. The van der Waals surface area contributed by atoms with Crippen LogP contribution in [0.1, 0.15) is 58.8 Å². The van der Waals surface area contributed by atoms with E-state index >= 15 is 0 Å². The van der Waals surface area contributed by atoms with Crippen LogP contribution in [0.25, 0.3) is 0 Å². The molecule has 0 radical (unpaired) electrons. The summed E-state index contributed by atoms with van der Waals surface area (Å²) in [6, 6.07) is 0. The quantitative estimate of drug-likeness (QED) is 0.457. The molecule has 0 aromatic carbocycles. The molecule has 0 fully saturated rings. The van der Waals surface area contributed by atoms with E-state index in [1.807, 2.05) is 0 Å². The van der Waals surface area contributed by atoms with Crippen molar-refractivity contribution in [2.45, 2.75) is 73.5 Å². The number of carbonyl (C=O) groups excluding carboxylic acids is 1. The van der Waals surface area contributed by atoms with Crippen LogP contribution in [0.15, 0.2) is 34.4 Å². The molecule has 0 aliphatic heterocycles. The molecule has 2 nitrogen and oxygen atoms in total. The van der Waals surface area contributed by atoms with E-state index < -0.39 is 17.0 Å². The predicted octanol–water partition coefficient (Wildman–Crippen LogP) is 6.06. The van der Waals surface area contributed by atoms with Crippen molar-refractivity contribution in [2.75, 3.05) is 0 Å². The number of carbonyl (C=O) groups is 1. The number of rotatable bonds is 3. The van der Waals surface area contributed by atoms with E-state index in [0.717, 1.165) is 0 Å². The summed E-state index contributed by atoms with van der Waals surface area (Å²) in [5.41, 5.74) is 7.30. The first-order valence-corrected chi connectivity index (χ1v) is 13.8. The Kier molecular flexibility index (Phi) is 4.77. The molecule has 0 heterocycles. The molecule has 0 saturated carbocycles. The Labute approximate surface area is 144 Å². The third-order valence-corrected chi connectivity index (χ3v) is 10.7. The first kappa shape index (κ1) is 17.2. The molecule has 2 atom stereocenters. The Morgan fingerprint density at radius 3 is 2.48 bits per heavy atom. The third-order valence-electron chi connectivity index (χ3n) is 6.05. The summed E-state index contributed by atoms with van der Waals surface area (Å²) in [6.07, 6.45) is 8.99. The van der Waals surface area contributed by atoms with Gasteiger partial charge in [-0.15, -0.1) is 0 Å². The molecule has 2 unspecified atom stereocenters. The monoisotopic (exact) mass is 350 g/mol. The molecule has 0 N–H and O–H groups in total. The third kappa shape index (κ3) is 3.05. The molecule has 0 aromatic rings. The van der Waals surface area contributed by atoms with Crippen LogP contribution in [0.2, 0.25) is 14.7 Å². The van der Waals surface area contributed by atoms with Gasteiger partial charge in [0.2, 0.25) is 0 Å². The average molecular weight is 350 g/mol. The van der Waals surface area contributed by atoms with Crippen molar-refractivity contribution in [1.29, 1.82) is 0 Å². The van der Waals surface area contributed by atoms with Crippen LogP contribution >= 0.6 is 0 Å². The van der Waals surface area contributed by atoms with E-state index in [2.05, 4.69) is 24.0 Å². The summed E-state index contributed by atoms with van der Waals surface area (Å²) in [7, 11) is 0. The van der Waals surface area contributed by atoms with E-state index in [0.29, 0.717) is 15.7 Å². The first-order chi connectivity index (χ1) is 10.8. The van der Waals surface area contributed by atoms with Crippen molar-refractivity contribution in [3.8, 4) is 0 Å². The first-order valence-electron chi connectivity index (χ1n) is 9.17. The Hall–Kier alpha value is -0.596. The fourth-order valence-corrected chi connectivity index (χ4v) is 9.42. The molecule has 3 rings (SSSR count). The molecular formula is C20H30O2Ti. The van der Waals surface area contributed by atoms with Crippen molar-refractivity contribution in [2.24, 2.45) is 5.92 Å². The summed E-state index contributed by atoms with van der Waals surface area (Å²) < 4.78 is 6.58. The van der Waals surface area contributed by atoms with Crippen molar-refractivity contribution in [1.82, 2.24) is 0 Å². The van der Waals surface area contributed by atoms with Gasteiger partial charge in [-0.25, -0.2) is 0 Å². The van der Waals surface area contributed by atoms with Gasteiger partial charge in [0.15, 0.2) is 0 Å². The van der Waals surface area contributed by atoms with Crippen LogP contribution in [-0.4, -0.2) is 5.97 Å². The van der Waals surface area contributed by atoms with E-state index in [4.69, 9.17) is 3.32 Å². The van der Waals surface area contributed by atoms with Crippen LogP contribution in [0, 0.1) is 5.92 Å². The second-order valence-electron chi connectivity index (χ2n) is 8.08. The molecule has 3 aliphatic carbocycles. The van der Waals surface area contributed by atoms with E-state index in [1.165, 1.54) is 44.9 Å². The summed E-state index contributed by atoms with van der Waals surface area (Å²) in [5, 5.41) is 4.54. The van der Waals surface area contributed by atoms with Gasteiger partial charge in [0, 0.05) is 0 Å². The SMILES string of the molecule is C=C(C)C(=O)[O][Ti]([CH3])([CH3])[CH]1CCCC2=C1C(C)C1=C2CCCC1. The van der Waals surface area contributed by atoms with Gasteiger partial charge in [0.05, 0.1) is 0 Å². The van der Waals surface area contributed by atoms with Crippen LogP contribution in [0.3, 0.4) is 0 Å². The number of fused-ring (bicyclic) bond motifs is 1. The average Bonchev–Trinajstić information content (AvgIpc) is 2.80. The molecule has 0 aromatic heterocycles. The molecule has 0 bridgehead atoms. The molecule has 23 heavy (non-hydrogen) atoms. The summed E-state index contributed by atoms with van der Waals surface area (Å²) in [6.45, 7) is 7.92. The molecule has 126 valence electrons. The summed E-state index contributed by atoms with van der Waals surface area (Å²) in [4.78, 5) is 12.1. The molecule has 0 saturated heterocycles. The number of hydrogen-bond donors (Lipinski definition) is 0. The number of allylic oxidation sites excluding steroid dienone is 4. The maximum atomic E-state index is 12.1. The van der Waals surface area contributed by atoms with Crippen LogP contribution < -0.4 is 0 Å². The fourth-order valence-electron chi connectivity index (χ4n) is 4.94. The van der Waals surface area contributed by atoms with Gasteiger partial charge in [0.25, 0.3) is 0 Å². The van der Waals surface area contributed by atoms with Gasteiger partial charge >= 0.3 is 145 Å². The van der Waals surface area contributed by atoms with Crippen molar-refractivity contribution >= 4 is 5.97 Å². The fraction of sp³-hybridized carbons (Fsp3) is 0.650. The van der Waals surface area contributed by atoms with Crippen molar-refractivity contribution in [3.05, 3.63) is 34.4 Å². The van der Waals surface area contributed by atoms with Crippen LogP contribution in [0.4, 0.5) is 0 Å². The second-order valence-corrected chi connectivity index (χ2v) is 14.5. The molecular weight excluding hydrogens is 320 g/mol. The Bertz CT molecular complexity index is 609. The molecule has 3 heteroatoms. The second kappa shape index (κ2) is 6.37. The zero-order chi connectivity index (χ0) is 16.8. The van der Waals surface area contributed by atoms with Gasteiger partial charge in [0.1, 0.15) is 0 Å². The Balaban J connectivity index is 1.91. The maximum absolute atomic E-state index is 12.1. The standard InChI is InChI=1S/C14H19.C4H6O2.2CH3.Ti/c1-10-11-6-2-4-8-13(11)14-9-5-3-7-12(10)14;1-3(2)4(5)6;;;/h6,10H,2-5,7-9H2,1H3;1H2,2H3,(H,5,6);2*1H3;/q;;;;+1/p-1. The van der Waals surface area contributed by atoms with E-state index in [9.17, 15) is 4.79 Å².